The van der Waals surface area contributed by atoms with Crippen molar-refractivity contribution in [2.24, 2.45) is 0 Å². The van der Waals surface area contributed by atoms with Crippen LogP contribution in [0.25, 0.3) is 0 Å². The zero-order valence-corrected chi connectivity index (χ0v) is 12.9. The lowest BCUT2D eigenvalue weighted by Gasteiger charge is -2.14. The minimum atomic E-state index is 0.319. The molecule has 108 valence electrons. The van der Waals surface area contributed by atoms with E-state index < -0.39 is 0 Å². The molecule has 1 N–H and O–H groups in total. The molecule has 0 aliphatic heterocycles. The van der Waals surface area contributed by atoms with Gasteiger partial charge in [0.2, 0.25) is 0 Å². The normalized spacial score (nSPS) is 12.6. The molecule has 0 spiro atoms. The number of hydrogen-bond acceptors (Lipinski definition) is 3. The van der Waals surface area contributed by atoms with Gasteiger partial charge in [-0.05, 0) is 38.3 Å². The lowest BCUT2D eigenvalue weighted by atomic mass is 10.0. The van der Waals surface area contributed by atoms with Gasteiger partial charge in [0.1, 0.15) is 5.76 Å². The molecule has 1 atom stereocenters. The third kappa shape index (κ3) is 3.48. The Morgan fingerprint density at radius 1 is 1.20 bits per heavy atom. The second kappa shape index (κ2) is 6.71. The largest absolute Gasteiger partial charge is 0.361 e. The minimum Gasteiger partial charge on any atom is -0.361 e. The van der Waals surface area contributed by atoms with E-state index >= 15 is 0 Å². The number of aryl methyl sites for hydroxylation is 3. The molecule has 3 nitrogen and oxygen atoms in total. The lowest BCUT2D eigenvalue weighted by Crippen LogP contribution is -2.18. The fraction of sp³-hybridized carbons (Fsp3) is 0.471. The predicted octanol–water partition coefficient (Wildman–Crippen LogP) is 4.09. The van der Waals surface area contributed by atoms with Crippen molar-refractivity contribution < 1.29 is 4.52 Å². The summed E-state index contributed by atoms with van der Waals surface area (Å²) < 4.78 is 5.19. The molecule has 0 saturated carbocycles. The zero-order chi connectivity index (χ0) is 14.5. The van der Waals surface area contributed by atoms with Crippen LogP contribution in [0.5, 0.6) is 0 Å². The van der Waals surface area contributed by atoms with E-state index in [1.54, 1.807) is 0 Å². The summed E-state index contributed by atoms with van der Waals surface area (Å²) in [5.41, 5.74) is 4.87. The van der Waals surface area contributed by atoms with Crippen LogP contribution in [-0.4, -0.2) is 5.16 Å². The number of benzene rings is 1. The quantitative estimate of drug-likeness (QED) is 0.860. The monoisotopic (exact) mass is 272 g/mol. The number of aromatic nitrogens is 1. The van der Waals surface area contributed by atoms with Crippen molar-refractivity contribution in [3.8, 4) is 0 Å². The van der Waals surface area contributed by atoms with Gasteiger partial charge in [0.05, 0.1) is 5.69 Å². The molecule has 0 saturated heterocycles. The van der Waals surface area contributed by atoms with E-state index in [1.165, 1.54) is 23.1 Å². The van der Waals surface area contributed by atoms with Gasteiger partial charge in [-0.3, -0.25) is 0 Å². The summed E-state index contributed by atoms with van der Waals surface area (Å²) in [6.45, 7) is 9.13. The molecule has 1 heterocycles. The standard InChI is InChI=1S/C17H24N2O/c1-5-6-15-7-9-16(10-8-15)12(2)18-11-17-13(3)19-20-14(17)4/h7-10,12,18H,5-6,11H2,1-4H3. The second-order valence-corrected chi connectivity index (χ2v) is 5.40. The van der Waals surface area contributed by atoms with Gasteiger partial charge in [-0.1, -0.05) is 42.8 Å². The maximum Gasteiger partial charge on any atom is 0.138 e. The van der Waals surface area contributed by atoms with Crippen molar-refractivity contribution in [1.29, 1.82) is 0 Å². The van der Waals surface area contributed by atoms with Crippen LogP contribution in [0.3, 0.4) is 0 Å². The third-order valence-electron chi connectivity index (χ3n) is 3.78. The molecule has 1 unspecified atom stereocenters. The predicted molar refractivity (Wildman–Crippen MR) is 81.7 cm³/mol. The molecule has 0 fully saturated rings. The summed E-state index contributed by atoms with van der Waals surface area (Å²) in [5, 5.41) is 7.52. The Bertz CT molecular complexity index is 523. The highest BCUT2D eigenvalue weighted by molar-refractivity contribution is 5.25. The molecular weight excluding hydrogens is 248 g/mol. The van der Waals surface area contributed by atoms with Gasteiger partial charge in [-0.25, -0.2) is 0 Å². The Hall–Kier alpha value is -1.61. The Morgan fingerprint density at radius 2 is 1.90 bits per heavy atom. The van der Waals surface area contributed by atoms with Crippen LogP contribution in [0.2, 0.25) is 0 Å². The summed E-state index contributed by atoms with van der Waals surface area (Å²) in [7, 11) is 0. The molecular formula is C17H24N2O. The first-order valence-corrected chi connectivity index (χ1v) is 7.35. The van der Waals surface area contributed by atoms with E-state index in [-0.39, 0.29) is 0 Å². The first-order valence-electron chi connectivity index (χ1n) is 7.35. The van der Waals surface area contributed by atoms with Gasteiger partial charge in [0.15, 0.2) is 0 Å². The smallest absolute Gasteiger partial charge is 0.138 e. The molecule has 20 heavy (non-hydrogen) atoms. The molecule has 0 bridgehead atoms. The van der Waals surface area contributed by atoms with Crippen molar-refractivity contribution in [1.82, 2.24) is 10.5 Å². The Morgan fingerprint density at radius 3 is 2.45 bits per heavy atom. The molecule has 2 aromatic rings. The van der Waals surface area contributed by atoms with Crippen LogP contribution < -0.4 is 5.32 Å². The van der Waals surface area contributed by atoms with E-state index in [0.717, 1.165) is 24.4 Å². The fourth-order valence-corrected chi connectivity index (χ4v) is 2.39. The van der Waals surface area contributed by atoms with Gasteiger partial charge in [-0.2, -0.15) is 0 Å². The van der Waals surface area contributed by atoms with Crippen LogP contribution in [-0.2, 0) is 13.0 Å². The molecule has 2 rings (SSSR count). The summed E-state index contributed by atoms with van der Waals surface area (Å²) in [4.78, 5) is 0. The highest BCUT2D eigenvalue weighted by Crippen LogP contribution is 2.17. The van der Waals surface area contributed by atoms with Gasteiger partial charge in [0.25, 0.3) is 0 Å². The second-order valence-electron chi connectivity index (χ2n) is 5.40. The van der Waals surface area contributed by atoms with Crippen molar-refractivity contribution in [2.45, 2.75) is 53.1 Å². The highest BCUT2D eigenvalue weighted by Gasteiger charge is 2.11. The van der Waals surface area contributed by atoms with E-state index in [0.29, 0.717) is 6.04 Å². The minimum absolute atomic E-state index is 0.319. The third-order valence-corrected chi connectivity index (χ3v) is 3.78. The number of nitrogens with one attached hydrogen (secondary N) is 1. The molecule has 1 aromatic carbocycles. The van der Waals surface area contributed by atoms with E-state index in [2.05, 4.69) is 48.6 Å². The van der Waals surface area contributed by atoms with Crippen LogP contribution in [0, 0.1) is 13.8 Å². The molecule has 0 radical (unpaired) electrons. The summed E-state index contributed by atoms with van der Waals surface area (Å²) >= 11 is 0. The zero-order valence-electron chi connectivity index (χ0n) is 12.9. The highest BCUT2D eigenvalue weighted by atomic mass is 16.5. The molecule has 0 aliphatic rings. The van der Waals surface area contributed by atoms with Crippen molar-refractivity contribution in [2.75, 3.05) is 0 Å². The number of hydrogen-bond donors (Lipinski definition) is 1. The Kier molecular flexibility index (Phi) is 4.96. The molecule has 0 aliphatic carbocycles. The van der Waals surface area contributed by atoms with Crippen LogP contribution in [0.15, 0.2) is 28.8 Å². The van der Waals surface area contributed by atoms with Crippen molar-refractivity contribution in [3.63, 3.8) is 0 Å². The average Bonchev–Trinajstić information content (AvgIpc) is 2.77. The average molecular weight is 272 g/mol. The topological polar surface area (TPSA) is 38.1 Å². The molecule has 3 heteroatoms. The maximum atomic E-state index is 5.19. The van der Waals surface area contributed by atoms with Gasteiger partial charge >= 0.3 is 0 Å². The van der Waals surface area contributed by atoms with Crippen molar-refractivity contribution in [3.05, 3.63) is 52.4 Å². The lowest BCUT2D eigenvalue weighted by molar-refractivity contribution is 0.391. The fourth-order valence-electron chi connectivity index (χ4n) is 2.39. The van der Waals surface area contributed by atoms with Gasteiger partial charge in [-0.15, -0.1) is 0 Å². The first kappa shape index (κ1) is 14.8. The van der Waals surface area contributed by atoms with Crippen LogP contribution in [0.4, 0.5) is 0 Å². The molecule has 1 aromatic heterocycles. The van der Waals surface area contributed by atoms with Gasteiger partial charge < -0.3 is 9.84 Å². The van der Waals surface area contributed by atoms with Crippen LogP contribution in [0.1, 0.15) is 54.5 Å². The van der Waals surface area contributed by atoms with Gasteiger partial charge in [0, 0.05) is 18.2 Å². The van der Waals surface area contributed by atoms with Crippen molar-refractivity contribution >= 4 is 0 Å². The van der Waals surface area contributed by atoms with E-state index in [9.17, 15) is 0 Å². The van der Waals surface area contributed by atoms with Crippen LogP contribution >= 0.6 is 0 Å². The Labute approximate surface area is 121 Å². The number of nitrogens with zero attached hydrogens (tertiary/aromatic N) is 1. The first-order chi connectivity index (χ1) is 9.61. The maximum absolute atomic E-state index is 5.19. The summed E-state index contributed by atoms with van der Waals surface area (Å²) in [5.74, 6) is 0.903. The Balaban J connectivity index is 1.96. The van der Waals surface area contributed by atoms with E-state index in [4.69, 9.17) is 4.52 Å². The number of rotatable bonds is 6. The molecule has 0 amide bonds. The summed E-state index contributed by atoms with van der Waals surface area (Å²) in [6.07, 6.45) is 2.35. The van der Waals surface area contributed by atoms with E-state index in [1.807, 2.05) is 13.8 Å². The SMILES string of the molecule is CCCc1ccc(C(C)NCc2c(C)noc2C)cc1. The summed E-state index contributed by atoms with van der Waals surface area (Å²) in [6, 6.07) is 9.21.